The third-order valence-electron chi connectivity index (χ3n) is 3.95. The molecular formula is C16H15F2NS. The molecule has 0 heterocycles. The zero-order valence-corrected chi connectivity index (χ0v) is 12.0. The maximum atomic E-state index is 13.4. The van der Waals surface area contributed by atoms with Crippen LogP contribution in [0.4, 0.5) is 8.78 Å². The molecule has 1 fully saturated rings. The van der Waals surface area contributed by atoms with E-state index < -0.39 is 12.0 Å². The van der Waals surface area contributed by atoms with Crippen LogP contribution in [-0.4, -0.2) is 17.4 Å². The number of aliphatic imine (C=N–C) groups is 1. The van der Waals surface area contributed by atoms with Crippen molar-refractivity contribution in [2.75, 3.05) is 0 Å². The van der Waals surface area contributed by atoms with E-state index in [2.05, 4.69) is 40.8 Å². The molecule has 0 amide bonds. The van der Waals surface area contributed by atoms with Crippen molar-refractivity contribution in [3.8, 4) is 11.8 Å². The SMILES string of the molecule is C=CC(F)=C(C)C#CC1=CCC1[C@H]1CC(F)[C@H]1N=C=S. The van der Waals surface area contributed by atoms with Gasteiger partial charge in [-0.05, 0) is 44.0 Å². The summed E-state index contributed by atoms with van der Waals surface area (Å²) < 4.78 is 26.6. The molecule has 2 unspecified atom stereocenters. The minimum Gasteiger partial charge on any atom is -0.245 e. The lowest BCUT2D eigenvalue weighted by Crippen LogP contribution is -2.48. The molecule has 0 N–H and O–H groups in total. The van der Waals surface area contributed by atoms with E-state index in [4.69, 9.17) is 0 Å². The molecule has 4 heteroatoms. The van der Waals surface area contributed by atoms with Crippen molar-refractivity contribution in [3.05, 3.63) is 35.7 Å². The fourth-order valence-electron chi connectivity index (χ4n) is 2.55. The highest BCUT2D eigenvalue weighted by molar-refractivity contribution is 7.78. The normalized spacial score (nSPS) is 32.2. The van der Waals surface area contributed by atoms with Crippen LogP contribution in [0.2, 0.25) is 0 Å². The Bertz CT molecular complexity index is 587. The van der Waals surface area contributed by atoms with Crippen molar-refractivity contribution in [3.63, 3.8) is 0 Å². The van der Waals surface area contributed by atoms with Crippen LogP contribution in [0.15, 0.2) is 40.7 Å². The van der Waals surface area contributed by atoms with Crippen molar-refractivity contribution in [2.45, 2.75) is 32.0 Å². The first-order valence-corrected chi connectivity index (χ1v) is 6.91. The molecule has 0 aliphatic heterocycles. The van der Waals surface area contributed by atoms with Crippen molar-refractivity contribution < 1.29 is 8.78 Å². The summed E-state index contributed by atoms with van der Waals surface area (Å²) in [6.45, 7) is 4.97. The predicted octanol–water partition coefficient (Wildman–Crippen LogP) is 4.20. The lowest BCUT2D eigenvalue weighted by Gasteiger charge is -2.44. The second-order valence-corrected chi connectivity index (χ2v) is 5.24. The van der Waals surface area contributed by atoms with E-state index in [1.165, 1.54) is 0 Å². The minimum atomic E-state index is -0.926. The summed E-state index contributed by atoms with van der Waals surface area (Å²) in [6, 6.07) is -0.385. The Morgan fingerprint density at radius 3 is 2.85 bits per heavy atom. The summed E-state index contributed by atoms with van der Waals surface area (Å²) in [4.78, 5) is 3.90. The van der Waals surface area contributed by atoms with Gasteiger partial charge in [-0.25, -0.2) is 13.8 Å². The first-order valence-electron chi connectivity index (χ1n) is 6.50. The van der Waals surface area contributed by atoms with Gasteiger partial charge >= 0.3 is 0 Å². The second-order valence-electron chi connectivity index (χ2n) is 5.06. The van der Waals surface area contributed by atoms with Gasteiger partial charge in [-0.15, -0.1) is 0 Å². The number of isothiocyanates is 1. The van der Waals surface area contributed by atoms with E-state index >= 15 is 0 Å². The average Bonchev–Trinajstić information content (AvgIpc) is 2.42. The van der Waals surface area contributed by atoms with Crippen LogP contribution in [0.1, 0.15) is 19.8 Å². The predicted molar refractivity (Wildman–Crippen MR) is 79.8 cm³/mol. The van der Waals surface area contributed by atoms with E-state index in [1.54, 1.807) is 6.92 Å². The van der Waals surface area contributed by atoms with Gasteiger partial charge < -0.3 is 0 Å². The van der Waals surface area contributed by atoms with E-state index in [1.807, 2.05) is 6.08 Å². The average molecular weight is 291 g/mol. The second kappa shape index (κ2) is 6.26. The topological polar surface area (TPSA) is 12.4 Å². The van der Waals surface area contributed by atoms with Crippen molar-refractivity contribution in [2.24, 2.45) is 16.8 Å². The Hall–Kier alpha value is -1.56. The Morgan fingerprint density at radius 1 is 1.60 bits per heavy atom. The number of nitrogens with zero attached hydrogens (tertiary/aromatic N) is 1. The molecule has 2 rings (SSSR count). The van der Waals surface area contributed by atoms with Gasteiger partial charge in [0, 0.05) is 17.1 Å². The van der Waals surface area contributed by atoms with Gasteiger partial charge in [0.15, 0.2) is 0 Å². The molecule has 0 aromatic carbocycles. The van der Waals surface area contributed by atoms with Crippen molar-refractivity contribution in [1.82, 2.24) is 0 Å². The summed E-state index contributed by atoms with van der Waals surface area (Å²) >= 11 is 4.55. The molecule has 0 aromatic heterocycles. The monoisotopic (exact) mass is 291 g/mol. The van der Waals surface area contributed by atoms with Gasteiger partial charge in [0.25, 0.3) is 0 Å². The van der Waals surface area contributed by atoms with Gasteiger partial charge in [-0.2, -0.15) is 0 Å². The molecule has 1 saturated carbocycles. The highest BCUT2D eigenvalue weighted by Crippen LogP contribution is 2.46. The fourth-order valence-corrected chi connectivity index (χ4v) is 2.67. The summed E-state index contributed by atoms with van der Waals surface area (Å²) in [5, 5.41) is 2.27. The minimum absolute atomic E-state index is 0.142. The molecular weight excluding hydrogens is 276 g/mol. The van der Waals surface area contributed by atoms with Crippen molar-refractivity contribution >= 4 is 17.4 Å². The highest BCUT2D eigenvalue weighted by Gasteiger charge is 2.47. The number of halogens is 2. The van der Waals surface area contributed by atoms with E-state index in [0.717, 1.165) is 18.1 Å². The summed E-state index contributed by atoms with van der Waals surface area (Å²) in [7, 11) is 0. The number of alkyl halides is 1. The van der Waals surface area contributed by atoms with Gasteiger partial charge in [-0.1, -0.05) is 24.5 Å². The lowest BCUT2D eigenvalue weighted by molar-refractivity contribution is 0.0608. The number of rotatable bonds is 3. The Balaban J connectivity index is 2.06. The maximum Gasteiger partial charge on any atom is 0.133 e. The molecule has 0 aromatic rings. The van der Waals surface area contributed by atoms with Crippen LogP contribution in [0.3, 0.4) is 0 Å². The van der Waals surface area contributed by atoms with Crippen LogP contribution < -0.4 is 0 Å². The Morgan fingerprint density at radius 2 is 2.35 bits per heavy atom. The van der Waals surface area contributed by atoms with Crippen LogP contribution in [0.5, 0.6) is 0 Å². The molecule has 0 spiro atoms. The van der Waals surface area contributed by atoms with E-state index in [9.17, 15) is 8.78 Å². The largest absolute Gasteiger partial charge is 0.245 e. The summed E-state index contributed by atoms with van der Waals surface area (Å²) in [6.07, 6.45) is 3.58. The number of hydrogen-bond acceptors (Lipinski definition) is 2. The van der Waals surface area contributed by atoms with Gasteiger partial charge in [0.2, 0.25) is 0 Å². The molecule has 4 atom stereocenters. The molecule has 0 saturated heterocycles. The molecule has 2 aliphatic rings. The first kappa shape index (κ1) is 14.8. The molecule has 0 radical (unpaired) electrons. The maximum absolute atomic E-state index is 13.4. The van der Waals surface area contributed by atoms with Gasteiger partial charge in [0.1, 0.15) is 12.0 Å². The molecule has 104 valence electrons. The van der Waals surface area contributed by atoms with Crippen LogP contribution in [0.25, 0.3) is 0 Å². The van der Waals surface area contributed by atoms with Gasteiger partial charge in [0.05, 0.1) is 11.2 Å². The molecule has 1 nitrogen and oxygen atoms in total. The van der Waals surface area contributed by atoms with Crippen LogP contribution in [0, 0.1) is 23.7 Å². The molecule has 20 heavy (non-hydrogen) atoms. The zero-order chi connectivity index (χ0) is 14.7. The molecule has 2 aliphatic carbocycles. The standard InChI is InChI=1S/C16H15F2NS/c1-3-14(17)10(2)4-5-11-6-7-12(11)13-8-15(18)16(13)19-9-20/h3,6,12-13,15-16H,1,7-8H2,2H3/t12?,13-,15?,16+/m1/s1. The van der Waals surface area contributed by atoms with Crippen molar-refractivity contribution in [1.29, 1.82) is 0 Å². The molecule has 0 bridgehead atoms. The quantitative estimate of drug-likeness (QED) is 0.329. The Labute approximate surface area is 123 Å². The highest BCUT2D eigenvalue weighted by atomic mass is 32.1. The summed E-state index contributed by atoms with van der Waals surface area (Å²) in [5.41, 5.74) is 1.31. The number of allylic oxidation sites excluding steroid dienone is 5. The number of hydrogen-bond donors (Lipinski definition) is 0. The smallest absolute Gasteiger partial charge is 0.133 e. The van der Waals surface area contributed by atoms with E-state index in [0.29, 0.717) is 12.0 Å². The lowest BCUT2D eigenvalue weighted by atomic mass is 9.63. The van der Waals surface area contributed by atoms with Crippen LogP contribution in [-0.2, 0) is 0 Å². The first-order chi connectivity index (χ1) is 9.58. The third kappa shape index (κ3) is 2.80. The van der Waals surface area contributed by atoms with E-state index in [-0.39, 0.29) is 17.9 Å². The van der Waals surface area contributed by atoms with Gasteiger partial charge in [-0.3, -0.25) is 0 Å². The number of thiocarbonyl (C=S) groups is 1. The Kier molecular flexibility index (Phi) is 4.65. The fraction of sp³-hybridized carbons (Fsp3) is 0.438. The third-order valence-corrected chi connectivity index (χ3v) is 4.05. The summed E-state index contributed by atoms with van der Waals surface area (Å²) in [5.74, 6) is 5.69. The van der Waals surface area contributed by atoms with Crippen LogP contribution >= 0.6 is 12.2 Å². The zero-order valence-electron chi connectivity index (χ0n) is 11.2.